The van der Waals surface area contributed by atoms with Crippen molar-refractivity contribution in [2.45, 2.75) is 19.9 Å². The molecule has 3 heterocycles. The molecular formula is C23H28N6O3. The van der Waals surface area contributed by atoms with E-state index in [9.17, 15) is 9.59 Å². The molecule has 1 aliphatic heterocycles. The Morgan fingerprint density at radius 1 is 1.16 bits per heavy atom. The number of carbonyl (C=O) groups excluding carboxylic acids is 2. The zero-order valence-corrected chi connectivity index (χ0v) is 18.5. The summed E-state index contributed by atoms with van der Waals surface area (Å²) in [5.74, 6) is 0.500. The fraction of sp³-hybridized carbons (Fsp3) is 0.348. The standard InChI is InChI=1S/C23H28N6O3/c1-15(2)26-20-5-4-8-24-21(20)28-9-11-29(12-10-28)23(31)18-14-25-19-7-6-16(13-17(18)19)22(30)27-32-3/h4-8,13-15,25-26H,9-12H2,1-3H3,(H,27,30). The molecule has 1 aliphatic rings. The van der Waals surface area contributed by atoms with E-state index < -0.39 is 0 Å². The molecule has 0 bridgehead atoms. The summed E-state index contributed by atoms with van der Waals surface area (Å²) in [7, 11) is 1.38. The van der Waals surface area contributed by atoms with Crippen molar-refractivity contribution in [3.05, 3.63) is 53.9 Å². The Morgan fingerprint density at radius 3 is 2.66 bits per heavy atom. The number of hydrogen-bond acceptors (Lipinski definition) is 6. The fourth-order valence-corrected chi connectivity index (χ4v) is 3.95. The minimum Gasteiger partial charge on any atom is -0.380 e. The zero-order valence-electron chi connectivity index (χ0n) is 18.5. The van der Waals surface area contributed by atoms with E-state index in [0.29, 0.717) is 48.7 Å². The summed E-state index contributed by atoms with van der Waals surface area (Å²) in [5, 5.41) is 4.16. The monoisotopic (exact) mass is 436 g/mol. The SMILES string of the molecule is CONC(=O)c1ccc2[nH]cc(C(=O)N3CCN(c4ncccc4NC(C)C)CC3)c2c1. The molecule has 2 amide bonds. The number of fused-ring (bicyclic) bond motifs is 1. The number of carbonyl (C=O) groups is 2. The quantitative estimate of drug-likeness (QED) is 0.514. The predicted octanol–water partition coefficient (Wildman–Crippen LogP) is 2.64. The van der Waals surface area contributed by atoms with Gasteiger partial charge in [-0.1, -0.05) is 0 Å². The summed E-state index contributed by atoms with van der Waals surface area (Å²) in [4.78, 5) is 41.8. The third-order valence-corrected chi connectivity index (χ3v) is 5.47. The molecule has 0 spiro atoms. The zero-order chi connectivity index (χ0) is 22.7. The van der Waals surface area contributed by atoms with Gasteiger partial charge in [0, 0.05) is 61.1 Å². The van der Waals surface area contributed by atoms with Crippen molar-refractivity contribution in [1.82, 2.24) is 20.3 Å². The highest BCUT2D eigenvalue weighted by molar-refractivity contribution is 6.08. The van der Waals surface area contributed by atoms with E-state index in [1.807, 2.05) is 17.0 Å². The molecule has 0 radical (unpaired) electrons. The van der Waals surface area contributed by atoms with E-state index >= 15 is 0 Å². The van der Waals surface area contributed by atoms with Crippen LogP contribution >= 0.6 is 0 Å². The van der Waals surface area contributed by atoms with Crippen LogP contribution in [0.5, 0.6) is 0 Å². The van der Waals surface area contributed by atoms with Crippen molar-refractivity contribution >= 4 is 34.2 Å². The number of hydroxylamine groups is 1. The van der Waals surface area contributed by atoms with E-state index in [1.54, 1.807) is 30.6 Å². The molecule has 0 unspecified atom stereocenters. The molecule has 1 aromatic carbocycles. The second kappa shape index (κ2) is 9.27. The average molecular weight is 437 g/mol. The Balaban J connectivity index is 1.49. The number of amides is 2. The van der Waals surface area contributed by atoms with E-state index in [2.05, 4.69) is 39.5 Å². The molecule has 168 valence electrons. The van der Waals surface area contributed by atoms with Crippen LogP contribution in [-0.2, 0) is 4.84 Å². The van der Waals surface area contributed by atoms with Crippen LogP contribution in [0.25, 0.3) is 10.9 Å². The van der Waals surface area contributed by atoms with Crippen LogP contribution in [0.4, 0.5) is 11.5 Å². The van der Waals surface area contributed by atoms with E-state index in [-0.39, 0.29) is 11.8 Å². The molecular weight excluding hydrogens is 408 g/mol. The summed E-state index contributed by atoms with van der Waals surface area (Å²) in [6.45, 7) is 6.76. The first-order valence-corrected chi connectivity index (χ1v) is 10.7. The van der Waals surface area contributed by atoms with Crippen molar-refractivity contribution in [2.75, 3.05) is 43.5 Å². The van der Waals surface area contributed by atoms with Crippen LogP contribution < -0.4 is 15.7 Å². The molecule has 1 fully saturated rings. The number of hydrogen-bond donors (Lipinski definition) is 3. The van der Waals surface area contributed by atoms with Crippen LogP contribution in [0.1, 0.15) is 34.6 Å². The molecule has 0 aliphatic carbocycles. The van der Waals surface area contributed by atoms with E-state index in [4.69, 9.17) is 4.84 Å². The van der Waals surface area contributed by atoms with Gasteiger partial charge in [0.15, 0.2) is 5.82 Å². The third kappa shape index (κ3) is 4.38. The smallest absolute Gasteiger partial charge is 0.274 e. The number of piperazine rings is 1. The number of nitrogens with zero attached hydrogens (tertiary/aromatic N) is 3. The Labute approximate surface area is 186 Å². The van der Waals surface area contributed by atoms with Gasteiger partial charge < -0.3 is 20.1 Å². The minimum absolute atomic E-state index is 0.0539. The predicted molar refractivity (Wildman–Crippen MR) is 124 cm³/mol. The first kappa shape index (κ1) is 21.6. The van der Waals surface area contributed by atoms with Gasteiger partial charge in [0.2, 0.25) is 0 Å². The van der Waals surface area contributed by atoms with Gasteiger partial charge in [-0.3, -0.25) is 14.4 Å². The molecule has 3 N–H and O–H groups in total. The molecule has 32 heavy (non-hydrogen) atoms. The summed E-state index contributed by atoms with van der Waals surface area (Å²) in [6, 6.07) is 9.45. The Hall–Kier alpha value is -3.59. The number of rotatable bonds is 6. The average Bonchev–Trinajstić information content (AvgIpc) is 3.22. The Kier molecular flexibility index (Phi) is 6.27. The second-order valence-corrected chi connectivity index (χ2v) is 8.05. The van der Waals surface area contributed by atoms with Gasteiger partial charge in [-0.15, -0.1) is 0 Å². The lowest BCUT2D eigenvalue weighted by atomic mass is 10.1. The number of pyridine rings is 1. The lowest BCUT2D eigenvalue weighted by Crippen LogP contribution is -2.49. The van der Waals surface area contributed by atoms with Gasteiger partial charge in [0.1, 0.15) is 0 Å². The van der Waals surface area contributed by atoms with Gasteiger partial charge >= 0.3 is 0 Å². The minimum atomic E-state index is -0.358. The van der Waals surface area contributed by atoms with Crippen molar-refractivity contribution in [2.24, 2.45) is 0 Å². The number of nitrogens with one attached hydrogen (secondary N) is 3. The molecule has 9 nitrogen and oxygen atoms in total. The molecule has 2 aromatic heterocycles. The van der Waals surface area contributed by atoms with Gasteiger partial charge in [0.25, 0.3) is 11.8 Å². The molecule has 9 heteroatoms. The van der Waals surface area contributed by atoms with Crippen LogP contribution in [0.2, 0.25) is 0 Å². The van der Waals surface area contributed by atoms with Crippen molar-refractivity contribution in [3.8, 4) is 0 Å². The van der Waals surface area contributed by atoms with Gasteiger partial charge in [-0.25, -0.2) is 10.5 Å². The van der Waals surface area contributed by atoms with Crippen LogP contribution in [0.3, 0.4) is 0 Å². The van der Waals surface area contributed by atoms with Crippen LogP contribution in [-0.4, -0.2) is 66.0 Å². The first-order valence-electron chi connectivity index (χ1n) is 10.7. The lowest BCUT2D eigenvalue weighted by Gasteiger charge is -2.36. The molecule has 4 rings (SSSR count). The highest BCUT2D eigenvalue weighted by Gasteiger charge is 2.26. The highest BCUT2D eigenvalue weighted by atomic mass is 16.6. The van der Waals surface area contributed by atoms with Crippen molar-refractivity contribution in [3.63, 3.8) is 0 Å². The third-order valence-electron chi connectivity index (χ3n) is 5.47. The maximum Gasteiger partial charge on any atom is 0.274 e. The Morgan fingerprint density at radius 2 is 1.94 bits per heavy atom. The summed E-state index contributed by atoms with van der Waals surface area (Å²) in [6.07, 6.45) is 3.50. The van der Waals surface area contributed by atoms with Crippen LogP contribution in [0, 0.1) is 0 Å². The summed E-state index contributed by atoms with van der Waals surface area (Å²) >= 11 is 0. The van der Waals surface area contributed by atoms with E-state index in [1.165, 1.54) is 7.11 Å². The van der Waals surface area contributed by atoms with E-state index in [0.717, 1.165) is 17.0 Å². The lowest BCUT2D eigenvalue weighted by molar-refractivity contribution is 0.0537. The van der Waals surface area contributed by atoms with Gasteiger partial charge in [-0.2, -0.15) is 0 Å². The van der Waals surface area contributed by atoms with Gasteiger partial charge in [-0.05, 0) is 44.2 Å². The normalized spacial score (nSPS) is 14.1. The number of benzene rings is 1. The molecule has 1 saturated heterocycles. The van der Waals surface area contributed by atoms with Crippen molar-refractivity contribution in [1.29, 1.82) is 0 Å². The summed E-state index contributed by atoms with van der Waals surface area (Å²) in [5.41, 5.74) is 5.10. The topological polar surface area (TPSA) is 103 Å². The molecule has 3 aromatic rings. The number of aromatic amines is 1. The maximum atomic E-state index is 13.3. The molecule has 0 saturated carbocycles. The Bertz CT molecular complexity index is 1120. The van der Waals surface area contributed by atoms with Gasteiger partial charge in [0.05, 0.1) is 18.4 Å². The summed E-state index contributed by atoms with van der Waals surface area (Å²) < 4.78 is 0. The number of H-pyrrole nitrogens is 1. The highest BCUT2D eigenvalue weighted by Crippen LogP contribution is 2.26. The second-order valence-electron chi connectivity index (χ2n) is 8.05. The fourth-order valence-electron chi connectivity index (χ4n) is 3.95. The van der Waals surface area contributed by atoms with Crippen LogP contribution in [0.15, 0.2) is 42.7 Å². The van der Waals surface area contributed by atoms with Crippen molar-refractivity contribution < 1.29 is 14.4 Å². The number of aromatic nitrogens is 2. The molecule has 0 atom stereocenters. The number of anilines is 2. The first-order chi connectivity index (χ1) is 15.5. The maximum absolute atomic E-state index is 13.3. The largest absolute Gasteiger partial charge is 0.380 e.